The SMILES string of the molecule is Cn1cc(C2CCN(S(=O)(=O)c3ccc(F)c4occc34)CC2)cn1. The number of sulfonamides is 1. The zero-order valence-electron chi connectivity index (χ0n) is 13.7. The van der Waals surface area contributed by atoms with Gasteiger partial charge in [0.15, 0.2) is 11.4 Å². The minimum absolute atomic E-state index is 0.0219. The molecule has 0 atom stereocenters. The Morgan fingerprint density at radius 1 is 1.24 bits per heavy atom. The molecule has 1 saturated heterocycles. The minimum Gasteiger partial charge on any atom is -0.461 e. The molecule has 25 heavy (non-hydrogen) atoms. The van der Waals surface area contributed by atoms with Crippen LogP contribution in [0.4, 0.5) is 4.39 Å². The van der Waals surface area contributed by atoms with E-state index >= 15 is 0 Å². The van der Waals surface area contributed by atoms with Gasteiger partial charge in [0.1, 0.15) is 0 Å². The highest BCUT2D eigenvalue weighted by atomic mass is 32.2. The molecular weight excluding hydrogens is 345 g/mol. The number of hydrogen-bond acceptors (Lipinski definition) is 4. The van der Waals surface area contributed by atoms with Crippen molar-refractivity contribution in [1.29, 1.82) is 0 Å². The van der Waals surface area contributed by atoms with Crippen LogP contribution in [0.1, 0.15) is 24.3 Å². The Kier molecular flexibility index (Phi) is 3.88. The molecule has 4 rings (SSSR count). The summed E-state index contributed by atoms with van der Waals surface area (Å²) in [6.07, 6.45) is 6.59. The first kappa shape index (κ1) is 16.3. The molecule has 1 fully saturated rings. The van der Waals surface area contributed by atoms with E-state index in [1.54, 1.807) is 4.68 Å². The molecule has 0 amide bonds. The predicted octanol–water partition coefficient (Wildman–Crippen LogP) is 2.87. The van der Waals surface area contributed by atoms with Gasteiger partial charge in [-0.15, -0.1) is 0 Å². The molecule has 8 heteroatoms. The summed E-state index contributed by atoms with van der Waals surface area (Å²) >= 11 is 0. The Bertz CT molecular complexity index is 1020. The number of halogens is 1. The van der Waals surface area contributed by atoms with Crippen LogP contribution >= 0.6 is 0 Å². The fraction of sp³-hybridized carbons (Fsp3) is 0.353. The van der Waals surface area contributed by atoms with Crippen molar-refractivity contribution < 1.29 is 17.2 Å². The van der Waals surface area contributed by atoms with Gasteiger partial charge < -0.3 is 4.42 Å². The van der Waals surface area contributed by atoms with E-state index in [4.69, 9.17) is 4.42 Å². The molecule has 0 aliphatic carbocycles. The fourth-order valence-electron chi connectivity index (χ4n) is 3.45. The molecule has 0 unspecified atom stereocenters. The summed E-state index contributed by atoms with van der Waals surface area (Å²) in [6, 6.07) is 3.95. The van der Waals surface area contributed by atoms with Gasteiger partial charge in [0.05, 0.1) is 17.4 Å². The second-order valence-corrected chi connectivity index (χ2v) is 8.24. The maximum Gasteiger partial charge on any atom is 0.243 e. The molecule has 3 heterocycles. The highest BCUT2D eigenvalue weighted by Crippen LogP contribution is 2.33. The van der Waals surface area contributed by atoms with Crippen LogP contribution < -0.4 is 0 Å². The lowest BCUT2D eigenvalue weighted by molar-refractivity contribution is 0.319. The molecule has 0 N–H and O–H groups in total. The third-order valence-corrected chi connectivity index (χ3v) is 6.75. The van der Waals surface area contributed by atoms with Crippen LogP contribution in [0, 0.1) is 5.82 Å². The van der Waals surface area contributed by atoms with Crippen LogP contribution in [-0.2, 0) is 17.1 Å². The topological polar surface area (TPSA) is 68.3 Å². The van der Waals surface area contributed by atoms with Crippen molar-refractivity contribution in [2.45, 2.75) is 23.7 Å². The van der Waals surface area contributed by atoms with E-state index in [0.29, 0.717) is 19.0 Å². The van der Waals surface area contributed by atoms with Gasteiger partial charge in [-0.3, -0.25) is 4.68 Å². The number of aryl methyl sites for hydroxylation is 1. The van der Waals surface area contributed by atoms with E-state index in [1.807, 2.05) is 19.4 Å². The maximum absolute atomic E-state index is 13.8. The number of piperidine rings is 1. The second kappa shape index (κ2) is 5.96. The molecule has 3 aromatic rings. The Hall–Kier alpha value is -2.19. The van der Waals surface area contributed by atoms with Crippen molar-refractivity contribution in [1.82, 2.24) is 14.1 Å². The highest BCUT2D eigenvalue weighted by molar-refractivity contribution is 7.89. The van der Waals surface area contributed by atoms with Crippen molar-refractivity contribution >= 4 is 21.0 Å². The standard InChI is InChI=1S/C17H18FN3O3S/c1-20-11-13(10-19-20)12-4-7-21(8-5-12)25(22,23)16-3-2-15(18)17-14(16)6-9-24-17/h2-3,6,9-12H,4-5,7-8H2,1H3. The average Bonchev–Trinajstić information content (AvgIpc) is 3.25. The summed E-state index contributed by atoms with van der Waals surface area (Å²) in [5.41, 5.74) is 1.12. The maximum atomic E-state index is 13.8. The van der Waals surface area contributed by atoms with E-state index in [0.717, 1.165) is 24.5 Å². The van der Waals surface area contributed by atoms with Crippen LogP contribution in [0.3, 0.4) is 0 Å². The first-order valence-corrected chi connectivity index (χ1v) is 9.55. The van der Waals surface area contributed by atoms with Gasteiger partial charge in [-0.1, -0.05) is 0 Å². The third kappa shape index (κ3) is 2.75. The van der Waals surface area contributed by atoms with Crippen LogP contribution in [0.5, 0.6) is 0 Å². The Balaban J connectivity index is 1.59. The number of hydrogen-bond donors (Lipinski definition) is 0. The molecule has 1 aliphatic rings. The lowest BCUT2D eigenvalue weighted by atomic mass is 9.93. The molecule has 0 saturated carbocycles. The summed E-state index contributed by atoms with van der Waals surface area (Å²) in [6.45, 7) is 0.858. The minimum atomic E-state index is -3.69. The first-order valence-electron chi connectivity index (χ1n) is 8.11. The Labute approximate surface area is 144 Å². The number of benzene rings is 1. The van der Waals surface area contributed by atoms with E-state index < -0.39 is 15.8 Å². The Morgan fingerprint density at radius 2 is 2.00 bits per heavy atom. The average molecular weight is 363 g/mol. The van der Waals surface area contributed by atoms with Crippen molar-refractivity contribution in [3.63, 3.8) is 0 Å². The van der Waals surface area contributed by atoms with Gasteiger partial charge >= 0.3 is 0 Å². The first-order chi connectivity index (χ1) is 12.0. The molecule has 0 spiro atoms. The number of fused-ring (bicyclic) bond motifs is 1. The summed E-state index contributed by atoms with van der Waals surface area (Å²) in [5, 5.41) is 4.47. The summed E-state index contributed by atoms with van der Waals surface area (Å²) in [4.78, 5) is 0.0949. The summed E-state index contributed by atoms with van der Waals surface area (Å²) < 4.78 is 48.1. The van der Waals surface area contributed by atoms with Gasteiger partial charge in [0, 0.05) is 31.7 Å². The zero-order valence-corrected chi connectivity index (χ0v) is 14.5. The third-order valence-electron chi connectivity index (χ3n) is 4.80. The van der Waals surface area contributed by atoms with Gasteiger partial charge in [0.25, 0.3) is 0 Å². The molecule has 6 nitrogen and oxygen atoms in total. The summed E-state index contributed by atoms with van der Waals surface area (Å²) in [5.74, 6) is -0.253. The van der Waals surface area contributed by atoms with Gasteiger partial charge in [-0.2, -0.15) is 9.40 Å². The van der Waals surface area contributed by atoms with Crippen molar-refractivity contribution in [3.05, 3.63) is 48.2 Å². The van der Waals surface area contributed by atoms with Crippen molar-refractivity contribution in [2.75, 3.05) is 13.1 Å². The second-order valence-electron chi connectivity index (χ2n) is 6.33. The van der Waals surface area contributed by atoms with Crippen molar-refractivity contribution in [2.24, 2.45) is 7.05 Å². The van der Waals surface area contributed by atoms with Crippen LogP contribution in [0.2, 0.25) is 0 Å². The molecule has 2 aromatic heterocycles. The largest absolute Gasteiger partial charge is 0.461 e. The van der Waals surface area contributed by atoms with Gasteiger partial charge in [-0.05, 0) is 42.5 Å². The lowest BCUT2D eigenvalue weighted by Crippen LogP contribution is -2.37. The predicted molar refractivity (Wildman–Crippen MR) is 90.1 cm³/mol. The fourth-order valence-corrected chi connectivity index (χ4v) is 5.10. The number of aromatic nitrogens is 2. The van der Waals surface area contributed by atoms with E-state index in [9.17, 15) is 12.8 Å². The zero-order chi connectivity index (χ0) is 17.6. The monoisotopic (exact) mass is 363 g/mol. The van der Waals surface area contributed by atoms with E-state index in [2.05, 4.69) is 5.10 Å². The summed E-state index contributed by atoms with van der Waals surface area (Å²) in [7, 11) is -1.82. The normalized spacial score (nSPS) is 17.4. The van der Waals surface area contributed by atoms with E-state index in [-0.39, 0.29) is 15.9 Å². The Morgan fingerprint density at radius 3 is 2.68 bits per heavy atom. The van der Waals surface area contributed by atoms with Gasteiger partial charge in [-0.25, -0.2) is 12.8 Å². The number of rotatable bonds is 3. The quantitative estimate of drug-likeness (QED) is 0.718. The van der Waals surface area contributed by atoms with E-state index in [1.165, 1.54) is 22.7 Å². The molecule has 1 aliphatic heterocycles. The lowest BCUT2D eigenvalue weighted by Gasteiger charge is -2.30. The molecular formula is C17H18FN3O3S. The molecule has 1 aromatic carbocycles. The van der Waals surface area contributed by atoms with Crippen LogP contribution in [0.15, 0.2) is 46.2 Å². The molecule has 132 valence electrons. The van der Waals surface area contributed by atoms with Crippen LogP contribution in [-0.4, -0.2) is 35.6 Å². The number of furan rings is 1. The number of nitrogens with zero attached hydrogens (tertiary/aromatic N) is 3. The molecule has 0 radical (unpaired) electrons. The van der Waals surface area contributed by atoms with Crippen LogP contribution in [0.25, 0.3) is 11.0 Å². The molecule has 0 bridgehead atoms. The van der Waals surface area contributed by atoms with Gasteiger partial charge in [0.2, 0.25) is 10.0 Å². The van der Waals surface area contributed by atoms with Crippen molar-refractivity contribution in [3.8, 4) is 0 Å². The smallest absolute Gasteiger partial charge is 0.243 e. The highest BCUT2D eigenvalue weighted by Gasteiger charge is 2.32.